The van der Waals surface area contributed by atoms with E-state index in [0.717, 1.165) is 19.0 Å². The first-order chi connectivity index (χ1) is 10.2. The zero-order valence-electron chi connectivity index (χ0n) is 13.0. The smallest absolute Gasteiger partial charge is 0.243 e. The minimum absolute atomic E-state index is 0.197. The van der Waals surface area contributed by atoms with Gasteiger partial charge in [0.15, 0.2) is 5.82 Å². The van der Waals surface area contributed by atoms with Gasteiger partial charge in [0.25, 0.3) is 0 Å². The molecular weight excluding hydrogens is 286 g/mol. The Morgan fingerprint density at radius 1 is 1.38 bits per heavy atom. The molecule has 1 atom stereocenters. The summed E-state index contributed by atoms with van der Waals surface area (Å²) in [6, 6.07) is 0.197. The molecule has 21 heavy (non-hydrogen) atoms. The quantitative estimate of drug-likeness (QED) is 0.852. The predicted octanol–water partition coefficient (Wildman–Crippen LogP) is 3.03. The minimum atomic E-state index is 0.197. The molecule has 2 aliphatic rings. The maximum atomic E-state index is 5.42. The summed E-state index contributed by atoms with van der Waals surface area (Å²) in [6.45, 7) is 4.85. The summed E-state index contributed by atoms with van der Waals surface area (Å²) >= 11 is 2.19. The standard InChI is InChI=1S/C15H25N3O2S/c1-12(14-16-13(10-19-2)17-20-14)18-8-9-21-15(11-18)6-4-3-5-7-15/h12H,3-11H2,1-2H3. The number of thioether (sulfide) groups is 1. The van der Waals surface area contributed by atoms with Crippen LogP contribution in [0.25, 0.3) is 0 Å². The van der Waals surface area contributed by atoms with Gasteiger partial charge < -0.3 is 9.26 Å². The first kappa shape index (κ1) is 15.3. The van der Waals surface area contributed by atoms with Gasteiger partial charge in [0, 0.05) is 30.7 Å². The van der Waals surface area contributed by atoms with Gasteiger partial charge in [-0.15, -0.1) is 0 Å². The Kier molecular flexibility index (Phi) is 4.86. The Morgan fingerprint density at radius 2 is 2.19 bits per heavy atom. The first-order valence-corrected chi connectivity index (χ1v) is 8.90. The van der Waals surface area contributed by atoms with E-state index < -0.39 is 0 Å². The number of aromatic nitrogens is 2. The summed E-state index contributed by atoms with van der Waals surface area (Å²) in [4.78, 5) is 6.98. The SMILES string of the molecule is COCc1noc(C(C)N2CCSC3(CCCCC3)C2)n1. The largest absolute Gasteiger partial charge is 0.377 e. The summed E-state index contributed by atoms with van der Waals surface area (Å²) in [7, 11) is 1.65. The van der Waals surface area contributed by atoms with Gasteiger partial charge in [-0.05, 0) is 19.8 Å². The fourth-order valence-electron chi connectivity index (χ4n) is 3.48. The molecule has 3 rings (SSSR count). The van der Waals surface area contributed by atoms with Crippen LogP contribution in [0.1, 0.15) is 56.8 Å². The monoisotopic (exact) mass is 311 g/mol. The maximum Gasteiger partial charge on any atom is 0.243 e. The van der Waals surface area contributed by atoms with E-state index in [9.17, 15) is 0 Å². The molecule has 1 saturated heterocycles. The van der Waals surface area contributed by atoms with Gasteiger partial charge in [0.1, 0.15) is 6.61 Å². The molecule has 5 nitrogen and oxygen atoms in total. The Balaban J connectivity index is 1.66. The lowest BCUT2D eigenvalue weighted by Gasteiger charge is -2.46. The Hall–Kier alpha value is -0.590. The van der Waals surface area contributed by atoms with Gasteiger partial charge in [0.05, 0.1) is 6.04 Å². The van der Waals surface area contributed by atoms with Crippen LogP contribution in [0.5, 0.6) is 0 Å². The number of ether oxygens (including phenoxy) is 1. The molecule has 1 aromatic rings. The highest BCUT2D eigenvalue weighted by Gasteiger charge is 2.39. The second-order valence-corrected chi connectivity index (χ2v) is 7.78. The Bertz CT molecular complexity index is 454. The molecule has 1 aromatic heterocycles. The van der Waals surface area contributed by atoms with Crippen molar-refractivity contribution in [3.05, 3.63) is 11.7 Å². The molecule has 1 aliphatic heterocycles. The van der Waals surface area contributed by atoms with Crippen LogP contribution in [-0.2, 0) is 11.3 Å². The van der Waals surface area contributed by atoms with E-state index in [1.165, 1.54) is 37.9 Å². The van der Waals surface area contributed by atoms with Gasteiger partial charge in [-0.1, -0.05) is 24.4 Å². The van der Waals surface area contributed by atoms with E-state index in [1.807, 2.05) is 0 Å². The summed E-state index contributed by atoms with van der Waals surface area (Å²) in [5, 5.41) is 3.98. The van der Waals surface area contributed by atoms with Crippen molar-refractivity contribution in [2.75, 3.05) is 26.0 Å². The van der Waals surface area contributed by atoms with Crippen LogP contribution < -0.4 is 0 Å². The molecule has 1 saturated carbocycles. The van der Waals surface area contributed by atoms with Crippen LogP contribution in [0.3, 0.4) is 0 Å². The van der Waals surface area contributed by atoms with E-state index in [1.54, 1.807) is 7.11 Å². The molecule has 0 aromatic carbocycles. The Morgan fingerprint density at radius 3 is 2.95 bits per heavy atom. The molecular formula is C15H25N3O2S. The van der Waals surface area contributed by atoms with Crippen LogP contribution in [0, 0.1) is 0 Å². The molecule has 6 heteroatoms. The molecule has 1 unspecified atom stereocenters. The molecule has 0 bridgehead atoms. The number of hydrogen-bond acceptors (Lipinski definition) is 6. The third-order valence-electron chi connectivity index (χ3n) is 4.71. The topological polar surface area (TPSA) is 51.4 Å². The van der Waals surface area contributed by atoms with Crippen molar-refractivity contribution in [2.24, 2.45) is 0 Å². The van der Waals surface area contributed by atoms with Gasteiger partial charge in [0.2, 0.25) is 5.89 Å². The molecule has 2 fully saturated rings. The highest BCUT2D eigenvalue weighted by atomic mass is 32.2. The lowest BCUT2D eigenvalue weighted by Crippen LogP contribution is -2.48. The number of hydrogen-bond donors (Lipinski definition) is 0. The van der Waals surface area contributed by atoms with Gasteiger partial charge >= 0.3 is 0 Å². The summed E-state index contributed by atoms with van der Waals surface area (Å²) in [6.07, 6.45) is 6.89. The molecule has 0 N–H and O–H groups in total. The van der Waals surface area contributed by atoms with E-state index in [0.29, 0.717) is 17.2 Å². The zero-order chi connectivity index (χ0) is 14.7. The maximum absolute atomic E-state index is 5.42. The predicted molar refractivity (Wildman–Crippen MR) is 83.3 cm³/mol. The summed E-state index contributed by atoms with van der Waals surface area (Å²) in [5.41, 5.74) is 0. The van der Waals surface area contributed by atoms with E-state index >= 15 is 0 Å². The Labute approximate surface area is 130 Å². The van der Waals surface area contributed by atoms with Crippen LogP contribution in [-0.4, -0.2) is 45.7 Å². The minimum Gasteiger partial charge on any atom is -0.377 e. The van der Waals surface area contributed by atoms with Gasteiger partial charge in [-0.2, -0.15) is 16.7 Å². The molecule has 2 heterocycles. The molecule has 0 amide bonds. The number of nitrogens with zero attached hydrogens (tertiary/aromatic N) is 3. The van der Waals surface area contributed by atoms with E-state index in [-0.39, 0.29) is 6.04 Å². The van der Waals surface area contributed by atoms with Crippen LogP contribution in [0.2, 0.25) is 0 Å². The van der Waals surface area contributed by atoms with Crippen molar-refractivity contribution < 1.29 is 9.26 Å². The number of methoxy groups -OCH3 is 1. The first-order valence-electron chi connectivity index (χ1n) is 7.92. The highest BCUT2D eigenvalue weighted by Crippen LogP contribution is 2.44. The third-order valence-corrected chi connectivity index (χ3v) is 6.24. The summed E-state index contributed by atoms with van der Waals surface area (Å²) < 4.78 is 10.9. The molecule has 1 aliphatic carbocycles. The van der Waals surface area contributed by atoms with E-state index in [4.69, 9.17) is 9.26 Å². The molecule has 0 radical (unpaired) electrons. The van der Waals surface area contributed by atoms with Crippen LogP contribution >= 0.6 is 11.8 Å². The third kappa shape index (κ3) is 3.43. The number of rotatable bonds is 4. The van der Waals surface area contributed by atoms with Crippen molar-refractivity contribution in [1.82, 2.24) is 15.0 Å². The fraction of sp³-hybridized carbons (Fsp3) is 0.867. The van der Waals surface area contributed by atoms with Crippen molar-refractivity contribution in [3.63, 3.8) is 0 Å². The van der Waals surface area contributed by atoms with Gasteiger partial charge in [-0.3, -0.25) is 4.90 Å². The van der Waals surface area contributed by atoms with Crippen molar-refractivity contribution >= 4 is 11.8 Å². The zero-order valence-corrected chi connectivity index (χ0v) is 13.8. The molecule has 118 valence electrons. The average Bonchev–Trinajstić information content (AvgIpc) is 2.96. The summed E-state index contributed by atoms with van der Waals surface area (Å²) in [5.74, 6) is 2.57. The molecule has 1 spiro atoms. The average molecular weight is 311 g/mol. The van der Waals surface area contributed by atoms with Crippen molar-refractivity contribution in [2.45, 2.75) is 56.4 Å². The lowest BCUT2D eigenvalue weighted by molar-refractivity contribution is 0.146. The highest BCUT2D eigenvalue weighted by molar-refractivity contribution is 8.00. The van der Waals surface area contributed by atoms with Crippen LogP contribution in [0.4, 0.5) is 0 Å². The second kappa shape index (κ2) is 6.67. The lowest BCUT2D eigenvalue weighted by atomic mass is 9.87. The van der Waals surface area contributed by atoms with Gasteiger partial charge in [-0.25, -0.2) is 0 Å². The normalized spacial score (nSPS) is 24.3. The van der Waals surface area contributed by atoms with E-state index in [2.05, 4.69) is 33.7 Å². The van der Waals surface area contributed by atoms with Crippen LogP contribution in [0.15, 0.2) is 4.52 Å². The second-order valence-electron chi connectivity index (χ2n) is 6.22. The van der Waals surface area contributed by atoms with Crippen molar-refractivity contribution in [1.29, 1.82) is 0 Å². The van der Waals surface area contributed by atoms with Crippen molar-refractivity contribution in [3.8, 4) is 0 Å². The fourth-order valence-corrected chi connectivity index (χ4v) is 5.08.